The summed E-state index contributed by atoms with van der Waals surface area (Å²) in [5.74, 6) is -0.414. The number of fused-ring (bicyclic) bond motifs is 1. The number of carbonyl (C=O) groups is 1. The highest BCUT2D eigenvalue weighted by atomic mass is 16.6. The summed E-state index contributed by atoms with van der Waals surface area (Å²) in [4.78, 5) is 22.0. The van der Waals surface area contributed by atoms with Crippen LogP contribution in [0.2, 0.25) is 0 Å². The Hall–Kier alpha value is -2.82. The van der Waals surface area contributed by atoms with E-state index in [0.717, 1.165) is 10.9 Å². The third-order valence-electron chi connectivity index (χ3n) is 3.31. The van der Waals surface area contributed by atoms with Crippen LogP contribution in [0.15, 0.2) is 48.7 Å². The Labute approximate surface area is 121 Å². The second kappa shape index (κ2) is 5.28. The van der Waals surface area contributed by atoms with Gasteiger partial charge in [-0.05, 0) is 18.2 Å². The van der Waals surface area contributed by atoms with Crippen molar-refractivity contribution in [2.24, 2.45) is 0 Å². The number of esters is 1. The number of carbonyl (C=O) groups excluding carboxylic acids is 1. The lowest BCUT2D eigenvalue weighted by Gasteiger charge is -2.09. The second-order valence-corrected chi connectivity index (χ2v) is 4.42. The Morgan fingerprint density at radius 2 is 1.86 bits per heavy atom. The lowest BCUT2D eigenvalue weighted by Crippen LogP contribution is -2.10. The average Bonchev–Trinajstić information content (AvgIpc) is 2.89. The number of para-hydroxylation sites is 1. The molecular weight excluding hydrogens is 268 g/mol. The van der Waals surface area contributed by atoms with Crippen LogP contribution in [-0.4, -0.2) is 29.9 Å². The first-order chi connectivity index (χ1) is 10.3. The number of ether oxygens (including phenoxy) is 1. The molecule has 0 spiro atoms. The van der Waals surface area contributed by atoms with Gasteiger partial charge in [-0.25, -0.2) is 4.79 Å². The predicted molar refractivity (Wildman–Crippen MR) is 79.0 cm³/mol. The first kappa shape index (κ1) is 13.2. The smallest absolute Gasteiger partial charge is 0.340 e. The van der Waals surface area contributed by atoms with Gasteiger partial charge in [-0.15, -0.1) is 0 Å². The quantitative estimate of drug-likeness (QED) is 0.693. The van der Waals surface area contributed by atoms with Crippen LogP contribution in [0.3, 0.4) is 0 Å². The molecule has 0 aliphatic carbocycles. The lowest BCUT2D eigenvalue weighted by atomic mass is 10.1. The molecule has 0 saturated heterocycles. The largest absolute Gasteiger partial charge is 0.465 e. The number of methoxy groups -OCH3 is 1. The maximum atomic E-state index is 12.2. The van der Waals surface area contributed by atoms with E-state index in [1.54, 1.807) is 18.0 Å². The Balaban J connectivity index is 2.43. The Morgan fingerprint density at radius 3 is 2.52 bits per heavy atom. The van der Waals surface area contributed by atoms with Crippen LogP contribution >= 0.6 is 0 Å². The number of benzene rings is 1. The van der Waals surface area contributed by atoms with Crippen LogP contribution in [0.25, 0.3) is 22.3 Å². The van der Waals surface area contributed by atoms with Crippen LogP contribution in [-0.2, 0) is 4.74 Å². The molecule has 5 nitrogen and oxygen atoms in total. The fourth-order valence-corrected chi connectivity index (χ4v) is 2.44. The molecule has 0 radical (unpaired) electrons. The number of hydrogen-bond acceptors (Lipinski definition) is 4. The van der Waals surface area contributed by atoms with E-state index in [9.17, 15) is 4.79 Å². The van der Waals surface area contributed by atoms with Crippen LogP contribution in [0.5, 0.6) is 0 Å². The number of aromatic nitrogens is 2. The van der Waals surface area contributed by atoms with Crippen molar-refractivity contribution in [3.8, 4) is 11.4 Å². The van der Waals surface area contributed by atoms with E-state index in [4.69, 9.17) is 9.57 Å². The highest BCUT2D eigenvalue weighted by Crippen LogP contribution is 2.32. The van der Waals surface area contributed by atoms with Gasteiger partial charge >= 0.3 is 5.97 Å². The highest BCUT2D eigenvalue weighted by Gasteiger charge is 2.25. The van der Waals surface area contributed by atoms with Crippen LogP contribution in [0.1, 0.15) is 10.4 Å². The van der Waals surface area contributed by atoms with Gasteiger partial charge in [0.25, 0.3) is 0 Å². The zero-order valence-electron chi connectivity index (χ0n) is 11.7. The number of rotatable bonds is 3. The van der Waals surface area contributed by atoms with Gasteiger partial charge in [-0.1, -0.05) is 24.3 Å². The van der Waals surface area contributed by atoms with E-state index in [-0.39, 0.29) is 0 Å². The zero-order chi connectivity index (χ0) is 14.8. The van der Waals surface area contributed by atoms with Crippen molar-refractivity contribution < 1.29 is 14.4 Å². The molecule has 0 N–H and O–H groups in total. The maximum absolute atomic E-state index is 12.2. The van der Waals surface area contributed by atoms with Gasteiger partial charge in [-0.3, -0.25) is 4.98 Å². The molecule has 0 saturated carbocycles. The van der Waals surface area contributed by atoms with E-state index in [1.165, 1.54) is 7.11 Å². The molecule has 3 aromatic rings. The summed E-state index contributed by atoms with van der Waals surface area (Å²) < 4.78 is 6.53. The van der Waals surface area contributed by atoms with Crippen LogP contribution in [0.4, 0.5) is 0 Å². The fourth-order valence-electron chi connectivity index (χ4n) is 2.44. The second-order valence-electron chi connectivity index (χ2n) is 4.42. The van der Waals surface area contributed by atoms with Gasteiger partial charge in [0.2, 0.25) is 0 Å². The molecule has 0 fully saturated rings. The molecule has 2 heterocycles. The molecule has 106 valence electrons. The molecule has 0 atom stereocenters. The molecule has 1 aromatic carbocycles. The Morgan fingerprint density at radius 1 is 1.10 bits per heavy atom. The van der Waals surface area contributed by atoms with E-state index >= 15 is 0 Å². The molecule has 5 heteroatoms. The molecule has 2 aromatic heterocycles. The summed E-state index contributed by atoms with van der Waals surface area (Å²) in [6.45, 7) is 0. The SMILES string of the molecule is COC(=O)c1c(-c2ccccn2)n(OC)c2ccccc12. The predicted octanol–water partition coefficient (Wildman–Crippen LogP) is 2.55. The van der Waals surface area contributed by atoms with Crippen LogP contribution < -0.4 is 4.84 Å². The average molecular weight is 282 g/mol. The maximum Gasteiger partial charge on any atom is 0.340 e. The molecule has 0 amide bonds. The van der Waals surface area contributed by atoms with E-state index in [1.807, 2.05) is 42.5 Å². The minimum absolute atomic E-state index is 0.414. The van der Waals surface area contributed by atoms with E-state index < -0.39 is 5.97 Å². The topological polar surface area (TPSA) is 53.3 Å². The third-order valence-corrected chi connectivity index (χ3v) is 3.31. The molecule has 0 unspecified atom stereocenters. The first-order valence-electron chi connectivity index (χ1n) is 6.45. The number of pyridine rings is 1. The first-order valence-corrected chi connectivity index (χ1v) is 6.45. The Bertz CT molecular complexity index is 794. The summed E-state index contributed by atoms with van der Waals surface area (Å²) in [5, 5.41) is 0.770. The lowest BCUT2D eigenvalue weighted by molar-refractivity contribution is 0.0602. The van der Waals surface area contributed by atoms with Gasteiger partial charge in [-0.2, -0.15) is 4.73 Å². The van der Waals surface area contributed by atoms with Crippen molar-refractivity contribution in [1.82, 2.24) is 9.71 Å². The molecule has 0 aliphatic rings. The summed E-state index contributed by atoms with van der Waals surface area (Å²) >= 11 is 0. The number of hydrogen-bond donors (Lipinski definition) is 0. The zero-order valence-corrected chi connectivity index (χ0v) is 11.7. The van der Waals surface area contributed by atoms with Crippen molar-refractivity contribution in [1.29, 1.82) is 0 Å². The van der Waals surface area contributed by atoms with Crippen molar-refractivity contribution >= 4 is 16.9 Å². The normalized spacial score (nSPS) is 10.6. The molecular formula is C16H14N2O3. The van der Waals surface area contributed by atoms with Crippen molar-refractivity contribution in [3.63, 3.8) is 0 Å². The van der Waals surface area contributed by atoms with E-state index in [0.29, 0.717) is 17.0 Å². The molecule has 0 bridgehead atoms. The van der Waals surface area contributed by atoms with Crippen molar-refractivity contribution in [2.75, 3.05) is 14.2 Å². The van der Waals surface area contributed by atoms with Crippen LogP contribution in [0, 0.1) is 0 Å². The summed E-state index contributed by atoms with van der Waals surface area (Å²) in [7, 11) is 2.92. The van der Waals surface area contributed by atoms with Gasteiger partial charge in [0.15, 0.2) is 0 Å². The van der Waals surface area contributed by atoms with Gasteiger partial charge in [0.05, 0.1) is 23.9 Å². The minimum Gasteiger partial charge on any atom is -0.465 e. The van der Waals surface area contributed by atoms with Crippen molar-refractivity contribution in [2.45, 2.75) is 0 Å². The van der Waals surface area contributed by atoms with Crippen molar-refractivity contribution in [3.05, 3.63) is 54.2 Å². The van der Waals surface area contributed by atoms with Gasteiger partial charge < -0.3 is 9.57 Å². The summed E-state index contributed by atoms with van der Waals surface area (Å²) in [5.41, 5.74) is 2.48. The molecule has 3 rings (SSSR count). The number of nitrogens with zero attached hydrogens (tertiary/aromatic N) is 2. The third kappa shape index (κ3) is 2.03. The van der Waals surface area contributed by atoms with E-state index in [2.05, 4.69) is 4.98 Å². The van der Waals surface area contributed by atoms with Gasteiger partial charge in [0, 0.05) is 11.6 Å². The summed E-state index contributed by atoms with van der Waals surface area (Å²) in [6.07, 6.45) is 1.67. The fraction of sp³-hybridized carbons (Fsp3) is 0.125. The molecule has 0 aliphatic heterocycles. The highest BCUT2D eigenvalue weighted by molar-refractivity contribution is 6.10. The monoisotopic (exact) mass is 282 g/mol. The molecule has 21 heavy (non-hydrogen) atoms. The standard InChI is InChI=1S/C16H14N2O3/c1-20-16(19)14-11-7-3-4-9-13(11)18(21-2)15(14)12-8-5-6-10-17-12/h3-10H,1-2H3. The minimum atomic E-state index is -0.414. The summed E-state index contributed by atoms with van der Waals surface area (Å²) in [6, 6.07) is 13.0. The van der Waals surface area contributed by atoms with Gasteiger partial charge in [0.1, 0.15) is 12.8 Å². The Kier molecular flexibility index (Phi) is 3.31.